The number of nitrogens with zero attached hydrogens (tertiary/aromatic N) is 2. The van der Waals surface area contributed by atoms with Crippen molar-refractivity contribution in [3.8, 4) is 10.6 Å². The number of halogens is 1. The molecule has 3 N–H and O–H groups in total. The zero-order valence-corrected chi connectivity index (χ0v) is 10.9. The molecule has 0 saturated heterocycles. The van der Waals surface area contributed by atoms with E-state index in [1.165, 1.54) is 0 Å². The van der Waals surface area contributed by atoms with E-state index < -0.39 is 0 Å². The highest BCUT2D eigenvalue weighted by atomic mass is 79.9. The first-order chi connectivity index (χ1) is 7.79. The first-order valence-electron chi connectivity index (χ1n) is 4.81. The highest BCUT2D eigenvalue weighted by Crippen LogP contribution is 2.28. The Bertz CT molecular complexity index is 471. The summed E-state index contributed by atoms with van der Waals surface area (Å²) in [4.78, 5) is 9.65. The summed E-state index contributed by atoms with van der Waals surface area (Å²) in [6, 6.07) is 3.94. The minimum Gasteiger partial charge on any atom is -0.353 e. The van der Waals surface area contributed by atoms with Crippen molar-refractivity contribution in [1.82, 2.24) is 9.97 Å². The molecule has 16 heavy (non-hydrogen) atoms. The van der Waals surface area contributed by atoms with Crippen molar-refractivity contribution in [2.45, 2.75) is 0 Å². The number of rotatable bonds is 4. The Morgan fingerprint density at radius 2 is 2.38 bits per heavy atom. The molecule has 4 nitrogen and oxygen atoms in total. The van der Waals surface area contributed by atoms with Gasteiger partial charge in [0.25, 0.3) is 0 Å². The molecule has 0 aliphatic rings. The fraction of sp³-hybridized carbons (Fsp3) is 0.200. The van der Waals surface area contributed by atoms with E-state index in [0.29, 0.717) is 19.0 Å². The molecular weight excluding hydrogens is 288 g/mol. The number of aromatic nitrogens is 2. The average molecular weight is 299 g/mol. The molecule has 0 radical (unpaired) electrons. The molecule has 6 heteroatoms. The molecule has 0 bridgehead atoms. The van der Waals surface area contributed by atoms with Gasteiger partial charge in [0, 0.05) is 29.1 Å². The second-order valence-electron chi connectivity index (χ2n) is 3.11. The van der Waals surface area contributed by atoms with Crippen molar-refractivity contribution in [3.05, 3.63) is 28.2 Å². The van der Waals surface area contributed by atoms with Crippen LogP contribution in [0.5, 0.6) is 0 Å². The Kier molecular flexibility index (Phi) is 3.87. The highest BCUT2D eigenvalue weighted by molar-refractivity contribution is 9.10. The second kappa shape index (κ2) is 5.38. The van der Waals surface area contributed by atoms with E-state index in [4.69, 9.17) is 5.73 Å². The van der Waals surface area contributed by atoms with Crippen LogP contribution >= 0.6 is 27.3 Å². The molecule has 2 rings (SSSR count). The topological polar surface area (TPSA) is 63.8 Å². The molecule has 0 aliphatic carbocycles. The van der Waals surface area contributed by atoms with Gasteiger partial charge in [-0.05, 0) is 28.1 Å². The molecule has 0 aromatic carbocycles. The van der Waals surface area contributed by atoms with Gasteiger partial charge in [0.2, 0.25) is 5.95 Å². The number of hydrogen-bond donors (Lipinski definition) is 2. The predicted molar refractivity (Wildman–Crippen MR) is 70.6 cm³/mol. The maximum Gasteiger partial charge on any atom is 0.223 e. The van der Waals surface area contributed by atoms with Crippen LogP contribution in [0.2, 0.25) is 0 Å². The number of nitrogens with two attached hydrogens (primary N) is 1. The van der Waals surface area contributed by atoms with Crippen LogP contribution in [0.3, 0.4) is 0 Å². The summed E-state index contributed by atoms with van der Waals surface area (Å²) in [5.74, 6) is 0.618. The highest BCUT2D eigenvalue weighted by Gasteiger charge is 2.04. The second-order valence-corrected chi connectivity index (χ2v) is 4.94. The average Bonchev–Trinajstić information content (AvgIpc) is 2.74. The van der Waals surface area contributed by atoms with E-state index in [0.717, 1.165) is 15.0 Å². The lowest BCUT2D eigenvalue weighted by Gasteiger charge is -2.03. The fourth-order valence-corrected chi connectivity index (χ4v) is 2.61. The molecule has 0 fully saturated rings. The molecule has 2 aromatic rings. The largest absolute Gasteiger partial charge is 0.353 e. The van der Waals surface area contributed by atoms with Crippen molar-refractivity contribution < 1.29 is 0 Å². The lowest BCUT2D eigenvalue weighted by molar-refractivity contribution is 0.991. The zero-order valence-electron chi connectivity index (χ0n) is 8.48. The smallest absolute Gasteiger partial charge is 0.223 e. The van der Waals surface area contributed by atoms with Crippen molar-refractivity contribution in [2.75, 3.05) is 18.4 Å². The van der Waals surface area contributed by atoms with Crippen LogP contribution in [-0.4, -0.2) is 23.1 Å². The number of thiophene rings is 1. The molecule has 0 saturated carbocycles. The van der Waals surface area contributed by atoms with Crippen LogP contribution < -0.4 is 11.1 Å². The Balaban J connectivity index is 2.22. The van der Waals surface area contributed by atoms with Gasteiger partial charge in [-0.3, -0.25) is 0 Å². The molecule has 84 valence electrons. The van der Waals surface area contributed by atoms with Crippen molar-refractivity contribution in [3.63, 3.8) is 0 Å². The minimum absolute atomic E-state index is 0.568. The van der Waals surface area contributed by atoms with Gasteiger partial charge in [-0.15, -0.1) is 11.3 Å². The molecule has 0 unspecified atom stereocenters. The van der Waals surface area contributed by atoms with Crippen LogP contribution in [0.25, 0.3) is 10.6 Å². The van der Waals surface area contributed by atoms with E-state index >= 15 is 0 Å². The third kappa shape index (κ3) is 2.78. The van der Waals surface area contributed by atoms with Gasteiger partial charge in [0.15, 0.2) is 0 Å². The SMILES string of the molecule is NCCNc1nccc(-c2cc(Br)cs2)n1. The molecule has 2 heterocycles. The molecule has 0 spiro atoms. The first kappa shape index (κ1) is 11.5. The molecule has 0 amide bonds. The quantitative estimate of drug-likeness (QED) is 0.909. The lowest BCUT2D eigenvalue weighted by atomic mass is 10.3. The van der Waals surface area contributed by atoms with Gasteiger partial charge in [-0.25, -0.2) is 9.97 Å². The van der Waals surface area contributed by atoms with Gasteiger partial charge in [0.1, 0.15) is 0 Å². The van der Waals surface area contributed by atoms with Crippen molar-refractivity contribution >= 4 is 33.2 Å². The first-order valence-corrected chi connectivity index (χ1v) is 6.48. The number of hydrogen-bond acceptors (Lipinski definition) is 5. The Labute approximate surface area is 106 Å². The maximum atomic E-state index is 5.41. The lowest BCUT2D eigenvalue weighted by Crippen LogP contribution is -2.14. The van der Waals surface area contributed by atoms with E-state index in [2.05, 4.69) is 31.2 Å². The normalized spacial score (nSPS) is 10.4. The monoisotopic (exact) mass is 298 g/mol. The summed E-state index contributed by atoms with van der Waals surface area (Å²) in [5, 5.41) is 5.09. The van der Waals surface area contributed by atoms with Crippen LogP contribution in [0.4, 0.5) is 5.95 Å². The van der Waals surface area contributed by atoms with E-state index in [1.54, 1.807) is 17.5 Å². The minimum atomic E-state index is 0.568. The summed E-state index contributed by atoms with van der Waals surface area (Å²) < 4.78 is 1.07. The van der Waals surface area contributed by atoms with Crippen molar-refractivity contribution in [1.29, 1.82) is 0 Å². The van der Waals surface area contributed by atoms with Gasteiger partial charge in [-0.2, -0.15) is 0 Å². The standard InChI is InChI=1S/C10H11BrN4S/c11-7-5-9(16-6-7)8-1-3-13-10(15-8)14-4-2-12/h1,3,5-6H,2,4,12H2,(H,13,14,15). The van der Waals surface area contributed by atoms with Crippen molar-refractivity contribution in [2.24, 2.45) is 5.73 Å². The Hall–Kier alpha value is -0.980. The Morgan fingerprint density at radius 1 is 1.50 bits per heavy atom. The summed E-state index contributed by atoms with van der Waals surface area (Å²) in [5.41, 5.74) is 6.33. The maximum absolute atomic E-state index is 5.41. The van der Waals surface area contributed by atoms with Gasteiger partial charge in [0.05, 0.1) is 10.6 Å². The third-order valence-electron chi connectivity index (χ3n) is 1.90. The van der Waals surface area contributed by atoms with Gasteiger partial charge < -0.3 is 11.1 Å². The molecule has 0 atom stereocenters. The third-order valence-corrected chi connectivity index (χ3v) is 3.62. The van der Waals surface area contributed by atoms with Crippen LogP contribution in [0.1, 0.15) is 0 Å². The molecule has 0 aliphatic heterocycles. The summed E-state index contributed by atoms with van der Waals surface area (Å²) in [6.07, 6.45) is 1.74. The fourth-order valence-electron chi connectivity index (χ4n) is 1.21. The van der Waals surface area contributed by atoms with E-state index in [9.17, 15) is 0 Å². The number of nitrogens with one attached hydrogen (secondary N) is 1. The van der Waals surface area contributed by atoms with Gasteiger partial charge in [-0.1, -0.05) is 0 Å². The molecular formula is C10H11BrN4S. The number of anilines is 1. The summed E-state index contributed by atoms with van der Waals surface area (Å²) in [6.45, 7) is 1.25. The molecule has 2 aromatic heterocycles. The predicted octanol–water partition coefficient (Wildman–Crippen LogP) is 2.34. The van der Waals surface area contributed by atoms with E-state index in [-0.39, 0.29) is 0 Å². The Morgan fingerprint density at radius 3 is 3.06 bits per heavy atom. The van der Waals surface area contributed by atoms with Gasteiger partial charge >= 0.3 is 0 Å². The van der Waals surface area contributed by atoms with Crippen LogP contribution in [0.15, 0.2) is 28.2 Å². The van der Waals surface area contributed by atoms with Crippen LogP contribution in [-0.2, 0) is 0 Å². The van der Waals surface area contributed by atoms with Crippen LogP contribution in [0, 0.1) is 0 Å². The summed E-state index contributed by atoms with van der Waals surface area (Å²) >= 11 is 5.07. The zero-order chi connectivity index (χ0) is 11.4. The van der Waals surface area contributed by atoms with E-state index in [1.807, 2.05) is 17.5 Å². The summed E-state index contributed by atoms with van der Waals surface area (Å²) in [7, 11) is 0.